The van der Waals surface area contributed by atoms with Gasteiger partial charge in [-0.3, -0.25) is 0 Å². The molecule has 0 atom stereocenters. The molecule has 0 spiro atoms. The van der Waals surface area contributed by atoms with E-state index in [0.29, 0.717) is 33.9 Å². The Morgan fingerprint density at radius 1 is 0.750 bits per heavy atom. The van der Waals surface area contributed by atoms with E-state index in [2.05, 4.69) is 10.2 Å². The number of hydrogen-bond donors (Lipinski definition) is 2. The van der Waals surface area contributed by atoms with Gasteiger partial charge in [0.15, 0.2) is 0 Å². The van der Waals surface area contributed by atoms with Crippen LogP contribution in [0, 0.1) is 0 Å². The lowest BCUT2D eigenvalue weighted by atomic mass is 10.1. The van der Waals surface area contributed by atoms with Gasteiger partial charge in [-0.1, -0.05) is 0 Å². The normalized spacial score (nSPS) is 10.9. The summed E-state index contributed by atoms with van der Waals surface area (Å²) < 4.78 is 10.5. The summed E-state index contributed by atoms with van der Waals surface area (Å²) in [4.78, 5) is 0. The summed E-state index contributed by atoms with van der Waals surface area (Å²) in [6, 6.07) is 7.17. The first kappa shape index (κ1) is 12.3. The van der Waals surface area contributed by atoms with Gasteiger partial charge in [0.25, 0.3) is 0 Å². The molecule has 0 saturated heterocycles. The van der Waals surface area contributed by atoms with Gasteiger partial charge in [0.1, 0.15) is 11.5 Å². The Hall–Kier alpha value is -2.76. The van der Waals surface area contributed by atoms with E-state index in [4.69, 9.17) is 20.9 Å². The summed E-state index contributed by atoms with van der Waals surface area (Å²) in [5, 5.41) is 10.1. The fraction of sp³-hybridized carbons (Fsp3) is 0.143. The van der Waals surface area contributed by atoms with Crippen molar-refractivity contribution in [3.63, 3.8) is 0 Å². The fourth-order valence-electron chi connectivity index (χ4n) is 2.23. The number of nitrogens with two attached hydrogens (primary N) is 2. The van der Waals surface area contributed by atoms with Crippen LogP contribution in [-0.4, -0.2) is 24.4 Å². The van der Waals surface area contributed by atoms with E-state index in [-0.39, 0.29) is 0 Å². The van der Waals surface area contributed by atoms with Crippen LogP contribution in [-0.2, 0) is 0 Å². The standard InChI is InChI=1S/C14H14N4O2/c1-19-13-3-7-8-4-14(20-2)10(16)6-12(8)18-17-11(7)5-9(13)15/h3-6H,15-16H2,1-2H3. The van der Waals surface area contributed by atoms with E-state index < -0.39 is 0 Å². The van der Waals surface area contributed by atoms with Crippen molar-refractivity contribution in [1.82, 2.24) is 10.2 Å². The zero-order valence-corrected chi connectivity index (χ0v) is 11.2. The van der Waals surface area contributed by atoms with Crippen molar-refractivity contribution in [2.75, 3.05) is 25.7 Å². The van der Waals surface area contributed by atoms with E-state index in [9.17, 15) is 0 Å². The van der Waals surface area contributed by atoms with Crippen molar-refractivity contribution in [1.29, 1.82) is 0 Å². The molecular formula is C14H14N4O2. The Labute approximate surface area is 115 Å². The zero-order valence-electron chi connectivity index (χ0n) is 11.2. The third-order valence-corrected chi connectivity index (χ3v) is 3.25. The maximum Gasteiger partial charge on any atom is 0.142 e. The molecule has 1 aromatic heterocycles. The lowest BCUT2D eigenvalue weighted by Crippen LogP contribution is -1.97. The van der Waals surface area contributed by atoms with Gasteiger partial charge in [-0.2, -0.15) is 0 Å². The first-order valence-electron chi connectivity index (χ1n) is 6.01. The molecule has 1 heterocycles. The maximum atomic E-state index is 5.88. The van der Waals surface area contributed by atoms with Crippen LogP contribution in [0.1, 0.15) is 0 Å². The molecule has 0 aliphatic rings. The van der Waals surface area contributed by atoms with E-state index in [1.165, 1.54) is 0 Å². The van der Waals surface area contributed by atoms with Gasteiger partial charge in [0.2, 0.25) is 0 Å². The van der Waals surface area contributed by atoms with Gasteiger partial charge < -0.3 is 20.9 Å². The highest BCUT2D eigenvalue weighted by Gasteiger charge is 2.11. The van der Waals surface area contributed by atoms with Crippen molar-refractivity contribution in [3.8, 4) is 11.5 Å². The summed E-state index contributed by atoms with van der Waals surface area (Å²) in [5.74, 6) is 1.20. The smallest absolute Gasteiger partial charge is 0.142 e. The highest BCUT2D eigenvalue weighted by molar-refractivity contribution is 6.06. The van der Waals surface area contributed by atoms with E-state index in [1.54, 1.807) is 26.4 Å². The van der Waals surface area contributed by atoms with Gasteiger partial charge in [-0.15, -0.1) is 10.2 Å². The van der Waals surface area contributed by atoms with Gasteiger partial charge in [-0.05, 0) is 24.3 Å². The van der Waals surface area contributed by atoms with Gasteiger partial charge in [0.05, 0.1) is 36.6 Å². The highest BCUT2D eigenvalue weighted by atomic mass is 16.5. The van der Waals surface area contributed by atoms with E-state index in [0.717, 1.165) is 10.8 Å². The number of methoxy groups -OCH3 is 2. The molecular weight excluding hydrogens is 256 g/mol. The van der Waals surface area contributed by atoms with Crippen LogP contribution >= 0.6 is 0 Å². The molecule has 102 valence electrons. The third kappa shape index (κ3) is 1.73. The molecule has 3 aromatic rings. The summed E-state index contributed by atoms with van der Waals surface area (Å²) in [6.45, 7) is 0. The van der Waals surface area contributed by atoms with Crippen LogP contribution in [0.5, 0.6) is 11.5 Å². The minimum atomic E-state index is 0.524. The Kier molecular flexibility index (Phi) is 2.71. The van der Waals surface area contributed by atoms with Crippen LogP contribution in [0.15, 0.2) is 24.3 Å². The van der Waals surface area contributed by atoms with Crippen molar-refractivity contribution in [3.05, 3.63) is 24.3 Å². The number of aromatic nitrogens is 2. The van der Waals surface area contributed by atoms with Crippen LogP contribution in [0.25, 0.3) is 21.8 Å². The first-order valence-corrected chi connectivity index (χ1v) is 6.01. The quantitative estimate of drug-likeness (QED) is 0.546. The number of benzene rings is 2. The second-order valence-electron chi connectivity index (χ2n) is 4.42. The Balaban J connectivity index is 2.44. The molecule has 0 aliphatic heterocycles. The van der Waals surface area contributed by atoms with Crippen molar-refractivity contribution < 1.29 is 9.47 Å². The first-order chi connectivity index (χ1) is 9.63. The summed E-state index contributed by atoms with van der Waals surface area (Å²) >= 11 is 0. The largest absolute Gasteiger partial charge is 0.495 e. The highest BCUT2D eigenvalue weighted by Crippen LogP contribution is 2.34. The number of nitrogen functional groups attached to an aromatic ring is 2. The number of nitrogens with zero attached hydrogens (tertiary/aromatic N) is 2. The molecule has 0 unspecified atom stereocenters. The van der Waals surface area contributed by atoms with Crippen LogP contribution in [0.4, 0.5) is 11.4 Å². The molecule has 0 radical (unpaired) electrons. The Bertz CT molecular complexity index is 748. The fourth-order valence-corrected chi connectivity index (χ4v) is 2.23. The van der Waals surface area contributed by atoms with Crippen molar-refractivity contribution in [2.45, 2.75) is 0 Å². The SMILES string of the molecule is COc1cc2c(cc1N)nnc1cc(N)c(OC)cc12. The Morgan fingerprint density at radius 3 is 1.50 bits per heavy atom. The molecule has 0 bridgehead atoms. The lowest BCUT2D eigenvalue weighted by molar-refractivity contribution is 0.417. The molecule has 0 aliphatic carbocycles. The van der Waals surface area contributed by atoms with Crippen molar-refractivity contribution >= 4 is 33.2 Å². The second-order valence-corrected chi connectivity index (χ2v) is 4.42. The van der Waals surface area contributed by atoms with E-state index in [1.807, 2.05) is 12.1 Å². The van der Waals surface area contributed by atoms with Crippen LogP contribution in [0.3, 0.4) is 0 Å². The molecule has 0 fully saturated rings. The minimum Gasteiger partial charge on any atom is -0.495 e. The average molecular weight is 270 g/mol. The molecule has 6 heteroatoms. The van der Waals surface area contributed by atoms with Crippen molar-refractivity contribution in [2.24, 2.45) is 0 Å². The van der Waals surface area contributed by atoms with Gasteiger partial charge in [-0.25, -0.2) is 0 Å². The summed E-state index contributed by atoms with van der Waals surface area (Å²) in [6.07, 6.45) is 0. The van der Waals surface area contributed by atoms with Crippen LogP contribution in [0.2, 0.25) is 0 Å². The Morgan fingerprint density at radius 2 is 1.15 bits per heavy atom. The molecule has 20 heavy (non-hydrogen) atoms. The van der Waals surface area contributed by atoms with Gasteiger partial charge in [0, 0.05) is 10.8 Å². The summed E-state index contributed by atoms with van der Waals surface area (Å²) in [5.41, 5.74) is 14.2. The topological polar surface area (TPSA) is 96.3 Å². The lowest BCUT2D eigenvalue weighted by Gasteiger charge is -2.10. The molecule has 3 rings (SSSR count). The monoisotopic (exact) mass is 270 g/mol. The molecule has 4 N–H and O–H groups in total. The van der Waals surface area contributed by atoms with Gasteiger partial charge >= 0.3 is 0 Å². The van der Waals surface area contributed by atoms with Crippen LogP contribution < -0.4 is 20.9 Å². The zero-order chi connectivity index (χ0) is 14.3. The number of rotatable bonds is 2. The third-order valence-electron chi connectivity index (χ3n) is 3.25. The molecule has 2 aromatic carbocycles. The minimum absolute atomic E-state index is 0.524. The average Bonchev–Trinajstić information content (AvgIpc) is 2.45. The predicted octanol–water partition coefficient (Wildman–Crippen LogP) is 1.96. The molecule has 6 nitrogen and oxygen atoms in total. The molecule has 0 amide bonds. The number of hydrogen-bond acceptors (Lipinski definition) is 6. The predicted molar refractivity (Wildman–Crippen MR) is 79.0 cm³/mol. The number of fused-ring (bicyclic) bond motifs is 3. The molecule has 0 saturated carbocycles. The number of ether oxygens (including phenoxy) is 2. The second kappa shape index (κ2) is 4.41. The summed E-state index contributed by atoms with van der Waals surface area (Å²) in [7, 11) is 3.15. The maximum absolute atomic E-state index is 5.88. The van der Waals surface area contributed by atoms with E-state index >= 15 is 0 Å². The number of anilines is 2.